The zero-order chi connectivity index (χ0) is 16.2. The van der Waals surface area contributed by atoms with Gasteiger partial charge < -0.3 is 16.0 Å². The standard InChI is InChI=1S/C16H19N3O2S2/c17-16(21)12-7-13(23-10-12)8-18-4-1-15(20)19-5-2-14-11(9-19)3-6-22-14/h3,6-7,10,18H,1-2,4-5,8-9H2,(H2,17,21). The van der Waals surface area contributed by atoms with Gasteiger partial charge in [-0.15, -0.1) is 22.7 Å². The topological polar surface area (TPSA) is 75.4 Å². The first kappa shape index (κ1) is 16.2. The van der Waals surface area contributed by atoms with E-state index < -0.39 is 5.91 Å². The Labute approximate surface area is 143 Å². The van der Waals surface area contributed by atoms with Gasteiger partial charge in [0.15, 0.2) is 0 Å². The van der Waals surface area contributed by atoms with Gasteiger partial charge in [0.25, 0.3) is 0 Å². The fraction of sp³-hybridized carbons (Fsp3) is 0.375. The predicted molar refractivity (Wildman–Crippen MR) is 92.6 cm³/mol. The van der Waals surface area contributed by atoms with Crippen molar-refractivity contribution in [2.24, 2.45) is 5.73 Å². The van der Waals surface area contributed by atoms with Crippen molar-refractivity contribution in [3.8, 4) is 0 Å². The Hall–Kier alpha value is -1.70. The van der Waals surface area contributed by atoms with Gasteiger partial charge in [-0.05, 0) is 29.5 Å². The summed E-state index contributed by atoms with van der Waals surface area (Å²) < 4.78 is 0. The molecule has 0 aliphatic carbocycles. The van der Waals surface area contributed by atoms with Gasteiger partial charge in [-0.2, -0.15) is 0 Å². The first-order chi connectivity index (χ1) is 11.1. The molecular formula is C16H19N3O2S2. The van der Waals surface area contributed by atoms with Crippen molar-refractivity contribution in [1.29, 1.82) is 0 Å². The van der Waals surface area contributed by atoms with Gasteiger partial charge in [-0.1, -0.05) is 0 Å². The lowest BCUT2D eigenvalue weighted by atomic mass is 10.1. The highest BCUT2D eigenvalue weighted by Crippen LogP contribution is 2.24. The van der Waals surface area contributed by atoms with Crippen LogP contribution in [0.25, 0.3) is 0 Å². The van der Waals surface area contributed by atoms with Crippen molar-refractivity contribution in [3.63, 3.8) is 0 Å². The second-order valence-corrected chi connectivity index (χ2v) is 7.52. The van der Waals surface area contributed by atoms with Gasteiger partial charge in [0.2, 0.25) is 11.8 Å². The molecule has 0 fully saturated rings. The van der Waals surface area contributed by atoms with Crippen LogP contribution in [0.4, 0.5) is 0 Å². The fourth-order valence-corrected chi connectivity index (χ4v) is 4.36. The normalized spacial score (nSPS) is 13.8. The van der Waals surface area contributed by atoms with Crippen LogP contribution in [0.15, 0.2) is 22.9 Å². The molecule has 23 heavy (non-hydrogen) atoms. The molecule has 0 saturated heterocycles. The van der Waals surface area contributed by atoms with Crippen LogP contribution < -0.4 is 11.1 Å². The molecule has 5 nitrogen and oxygen atoms in total. The number of amides is 2. The molecule has 0 bridgehead atoms. The van der Waals surface area contributed by atoms with Gasteiger partial charge in [0.05, 0.1) is 5.56 Å². The number of primary amides is 1. The Bertz CT molecular complexity index is 708. The number of hydrogen-bond donors (Lipinski definition) is 2. The Kier molecular flexibility index (Phi) is 5.09. The molecule has 0 spiro atoms. The molecular weight excluding hydrogens is 330 g/mol. The largest absolute Gasteiger partial charge is 0.366 e. The predicted octanol–water partition coefficient (Wildman–Crippen LogP) is 1.97. The third-order valence-corrected chi connectivity index (χ3v) is 5.87. The van der Waals surface area contributed by atoms with E-state index in [9.17, 15) is 9.59 Å². The number of nitrogens with one attached hydrogen (secondary N) is 1. The lowest BCUT2D eigenvalue weighted by molar-refractivity contribution is -0.132. The highest BCUT2D eigenvalue weighted by Gasteiger charge is 2.20. The van der Waals surface area contributed by atoms with E-state index in [-0.39, 0.29) is 5.91 Å². The van der Waals surface area contributed by atoms with E-state index in [1.165, 1.54) is 21.8 Å². The van der Waals surface area contributed by atoms with Gasteiger partial charge in [-0.3, -0.25) is 9.59 Å². The van der Waals surface area contributed by atoms with Crippen LogP contribution in [0.1, 0.15) is 32.1 Å². The van der Waals surface area contributed by atoms with E-state index in [0.717, 1.165) is 24.4 Å². The molecule has 0 saturated carbocycles. The van der Waals surface area contributed by atoms with Crippen LogP contribution in [0, 0.1) is 0 Å². The minimum Gasteiger partial charge on any atom is -0.366 e. The first-order valence-corrected chi connectivity index (χ1v) is 9.30. The van der Waals surface area contributed by atoms with E-state index in [4.69, 9.17) is 5.73 Å². The molecule has 0 unspecified atom stereocenters. The summed E-state index contributed by atoms with van der Waals surface area (Å²) in [7, 11) is 0. The van der Waals surface area contributed by atoms with Crippen molar-refractivity contribution in [1.82, 2.24) is 10.2 Å². The van der Waals surface area contributed by atoms with Gasteiger partial charge in [-0.25, -0.2) is 0 Å². The molecule has 0 aromatic carbocycles. The van der Waals surface area contributed by atoms with Gasteiger partial charge in [0.1, 0.15) is 0 Å². The molecule has 122 valence electrons. The summed E-state index contributed by atoms with van der Waals surface area (Å²) in [4.78, 5) is 27.7. The van der Waals surface area contributed by atoms with E-state index in [0.29, 0.717) is 25.1 Å². The van der Waals surface area contributed by atoms with E-state index >= 15 is 0 Å². The van der Waals surface area contributed by atoms with E-state index in [1.807, 2.05) is 4.90 Å². The van der Waals surface area contributed by atoms with Gasteiger partial charge >= 0.3 is 0 Å². The minimum absolute atomic E-state index is 0.193. The van der Waals surface area contributed by atoms with Crippen LogP contribution in [-0.2, 0) is 24.3 Å². The lowest BCUT2D eigenvalue weighted by Gasteiger charge is -2.27. The average molecular weight is 349 g/mol. The summed E-state index contributed by atoms with van der Waals surface area (Å²) in [5.41, 5.74) is 7.06. The second kappa shape index (κ2) is 7.25. The van der Waals surface area contributed by atoms with Crippen molar-refractivity contribution in [3.05, 3.63) is 43.8 Å². The monoisotopic (exact) mass is 349 g/mol. The first-order valence-electron chi connectivity index (χ1n) is 7.54. The second-order valence-electron chi connectivity index (χ2n) is 5.53. The fourth-order valence-electron chi connectivity index (χ4n) is 2.63. The van der Waals surface area contributed by atoms with Crippen molar-refractivity contribution >= 4 is 34.5 Å². The zero-order valence-electron chi connectivity index (χ0n) is 12.7. The van der Waals surface area contributed by atoms with Crippen LogP contribution in [0.5, 0.6) is 0 Å². The molecule has 3 N–H and O–H groups in total. The third kappa shape index (κ3) is 3.99. The zero-order valence-corrected chi connectivity index (χ0v) is 14.3. The van der Waals surface area contributed by atoms with Crippen LogP contribution >= 0.6 is 22.7 Å². The Morgan fingerprint density at radius 2 is 2.22 bits per heavy atom. The van der Waals surface area contributed by atoms with Crippen LogP contribution in [0.3, 0.4) is 0 Å². The Balaban J connectivity index is 1.40. The molecule has 3 rings (SSSR count). The van der Waals surface area contributed by atoms with Crippen molar-refractivity contribution < 1.29 is 9.59 Å². The number of nitrogens with zero attached hydrogens (tertiary/aromatic N) is 1. The molecule has 1 aliphatic heterocycles. The van der Waals surface area contributed by atoms with Crippen LogP contribution in [0.2, 0.25) is 0 Å². The van der Waals surface area contributed by atoms with E-state index in [2.05, 4.69) is 16.8 Å². The minimum atomic E-state index is -0.402. The maximum absolute atomic E-state index is 12.3. The van der Waals surface area contributed by atoms with Crippen LogP contribution in [-0.4, -0.2) is 29.8 Å². The average Bonchev–Trinajstić information content (AvgIpc) is 3.19. The number of fused-ring (bicyclic) bond motifs is 1. The molecule has 2 aromatic heterocycles. The van der Waals surface area contributed by atoms with Gasteiger partial charge in [0, 0.05) is 47.7 Å². The number of thiophene rings is 2. The van der Waals surface area contributed by atoms with E-state index in [1.54, 1.807) is 22.8 Å². The molecule has 2 aromatic rings. The Morgan fingerprint density at radius 1 is 1.35 bits per heavy atom. The number of nitrogens with two attached hydrogens (primary N) is 1. The quantitative estimate of drug-likeness (QED) is 0.783. The Morgan fingerprint density at radius 3 is 3.00 bits per heavy atom. The molecule has 7 heteroatoms. The summed E-state index contributed by atoms with van der Waals surface area (Å²) in [6.07, 6.45) is 1.46. The number of carbonyl (C=O) groups excluding carboxylic acids is 2. The number of carbonyl (C=O) groups is 2. The highest BCUT2D eigenvalue weighted by molar-refractivity contribution is 7.10. The summed E-state index contributed by atoms with van der Waals surface area (Å²) in [6, 6.07) is 3.91. The molecule has 1 aliphatic rings. The highest BCUT2D eigenvalue weighted by atomic mass is 32.1. The number of hydrogen-bond acceptors (Lipinski definition) is 5. The summed E-state index contributed by atoms with van der Waals surface area (Å²) in [5.74, 6) is -0.209. The molecule has 0 radical (unpaired) electrons. The maximum atomic E-state index is 12.3. The smallest absolute Gasteiger partial charge is 0.249 e. The number of rotatable bonds is 6. The maximum Gasteiger partial charge on any atom is 0.249 e. The molecule has 3 heterocycles. The molecule has 0 atom stereocenters. The summed E-state index contributed by atoms with van der Waals surface area (Å²) in [6.45, 7) is 2.85. The summed E-state index contributed by atoms with van der Waals surface area (Å²) >= 11 is 3.28. The molecule has 2 amide bonds. The van der Waals surface area contributed by atoms with Crippen molar-refractivity contribution in [2.45, 2.75) is 25.9 Å². The summed E-state index contributed by atoms with van der Waals surface area (Å²) in [5, 5.41) is 7.11. The lowest BCUT2D eigenvalue weighted by Crippen LogP contribution is -2.36. The SMILES string of the molecule is NC(=O)c1csc(CNCCC(=O)N2CCc3sccc3C2)c1. The third-order valence-electron chi connectivity index (χ3n) is 3.91. The van der Waals surface area contributed by atoms with Crippen molar-refractivity contribution in [2.75, 3.05) is 13.1 Å².